The van der Waals surface area contributed by atoms with Crippen LogP contribution in [0.4, 0.5) is 0 Å². The highest BCUT2D eigenvalue weighted by atomic mass is 16.4. The first kappa shape index (κ1) is 18.5. The molecular weight excluding hydrogens is 356 g/mol. The minimum atomic E-state index is -0.562. The number of aryl methyl sites for hydroxylation is 1. The molecule has 0 saturated heterocycles. The van der Waals surface area contributed by atoms with Crippen molar-refractivity contribution >= 4 is 16.9 Å². The van der Waals surface area contributed by atoms with E-state index in [0.717, 1.165) is 25.4 Å². The Bertz CT molecular complexity index is 1080. The van der Waals surface area contributed by atoms with Crippen molar-refractivity contribution in [3.05, 3.63) is 69.5 Å². The number of hydrogen-bond donors (Lipinski definition) is 0. The van der Waals surface area contributed by atoms with Gasteiger partial charge in [0.1, 0.15) is 23.1 Å². The van der Waals surface area contributed by atoms with Crippen LogP contribution in [0.2, 0.25) is 0 Å². The van der Waals surface area contributed by atoms with E-state index in [1.54, 1.807) is 29.2 Å². The zero-order valence-electron chi connectivity index (χ0n) is 16.4. The summed E-state index contributed by atoms with van der Waals surface area (Å²) in [5.41, 5.74) is 0.631. The first-order valence-electron chi connectivity index (χ1n) is 9.70. The van der Waals surface area contributed by atoms with Gasteiger partial charge in [0.2, 0.25) is 5.76 Å². The third-order valence-electron chi connectivity index (χ3n) is 5.46. The maximum absolute atomic E-state index is 13.3. The standard InChI is InChI=1S/C22H24N2O4/c1-4-23(5-2)12-13-24-19(17-11-10-14(3)27-17)18-20(25)15-8-6-7-9-16(15)28-21(18)22(24)26/h6-11,19H,4-5,12-13H2,1-3H3. The number of carbonyl (C=O) groups is 1. The lowest BCUT2D eigenvalue weighted by Crippen LogP contribution is -2.37. The number of para-hydroxylation sites is 1. The van der Waals surface area contributed by atoms with Gasteiger partial charge in [0, 0.05) is 13.1 Å². The fourth-order valence-electron chi connectivity index (χ4n) is 3.88. The zero-order chi connectivity index (χ0) is 19.8. The monoisotopic (exact) mass is 380 g/mol. The van der Waals surface area contributed by atoms with Crippen molar-refractivity contribution < 1.29 is 13.6 Å². The quantitative estimate of drug-likeness (QED) is 0.654. The van der Waals surface area contributed by atoms with Gasteiger partial charge < -0.3 is 18.6 Å². The summed E-state index contributed by atoms with van der Waals surface area (Å²) in [6, 6.07) is 10.2. The number of fused-ring (bicyclic) bond motifs is 2. The number of carbonyl (C=O) groups excluding carboxylic acids is 1. The third-order valence-corrected chi connectivity index (χ3v) is 5.46. The lowest BCUT2D eigenvalue weighted by molar-refractivity contribution is 0.0693. The highest BCUT2D eigenvalue weighted by molar-refractivity contribution is 5.98. The van der Waals surface area contributed by atoms with Crippen LogP contribution in [0, 0.1) is 6.92 Å². The number of benzene rings is 1. The number of amides is 1. The normalized spacial score (nSPS) is 16.4. The Morgan fingerprint density at radius 2 is 1.79 bits per heavy atom. The van der Waals surface area contributed by atoms with E-state index in [-0.39, 0.29) is 17.1 Å². The number of nitrogens with zero attached hydrogens (tertiary/aromatic N) is 2. The lowest BCUT2D eigenvalue weighted by Gasteiger charge is -2.26. The van der Waals surface area contributed by atoms with Crippen LogP contribution in [0.25, 0.3) is 11.0 Å². The number of likely N-dealkylation sites (N-methyl/N-ethyl adjacent to an activating group) is 1. The van der Waals surface area contributed by atoms with Crippen LogP contribution in [0.5, 0.6) is 0 Å². The molecule has 0 N–H and O–H groups in total. The highest BCUT2D eigenvalue weighted by Gasteiger charge is 2.44. The summed E-state index contributed by atoms with van der Waals surface area (Å²) in [5, 5.41) is 0.480. The van der Waals surface area contributed by atoms with Crippen molar-refractivity contribution in [2.24, 2.45) is 0 Å². The lowest BCUT2D eigenvalue weighted by atomic mass is 10.0. The summed E-state index contributed by atoms with van der Waals surface area (Å²) >= 11 is 0. The van der Waals surface area contributed by atoms with Gasteiger partial charge >= 0.3 is 0 Å². The molecule has 3 aromatic rings. The molecule has 3 heterocycles. The Balaban J connectivity index is 1.85. The van der Waals surface area contributed by atoms with Crippen LogP contribution in [0.15, 0.2) is 50.0 Å². The summed E-state index contributed by atoms with van der Waals surface area (Å²) in [4.78, 5) is 30.4. The van der Waals surface area contributed by atoms with Crippen LogP contribution < -0.4 is 5.43 Å². The van der Waals surface area contributed by atoms with Crippen molar-refractivity contribution in [3.63, 3.8) is 0 Å². The van der Waals surface area contributed by atoms with Crippen molar-refractivity contribution in [3.8, 4) is 0 Å². The Morgan fingerprint density at radius 3 is 2.46 bits per heavy atom. The van der Waals surface area contributed by atoms with Crippen LogP contribution >= 0.6 is 0 Å². The third kappa shape index (κ3) is 2.94. The first-order chi connectivity index (χ1) is 13.5. The molecule has 0 spiro atoms. The number of furan rings is 1. The van der Waals surface area contributed by atoms with Crippen LogP contribution in [-0.4, -0.2) is 41.9 Å². The minimum absolute atomic E-state index is 0.127. The van der Waals surface area contributed by atoms with E-state index in [2.05, 4.69) is 18.7 Å². The van der Waals surface area contributed by atoms with Gasteiger partial charge in [0.15, 0.2) is 5.43 Å². The largest absolute Gasteiger partial charge is 0.464 e. The molecular formula is C22H24N2O4. The Labute approximate surface area is 163 Å². The van der Waals surface area contributed by atoms with Crippen molar-refractivity contribution in [1.29, 1.82) is 0 Å². The zero-order valence-corrected chi connectivity index (χ0v) is 16.4. The predicted octanol–water partition coefficient (Wildman–Crippen LogP) is 3.58. The molecule has 0 saturated carbocycles. The summed E-state index contributed by atoms with van der Waals surface area (Å²) in [5.74, 6) is 1.20. The average molecular weight is 380 g/mol. The maximum Gasteiger partial charge on any atom is 0.291 e. The second-order valence-corrected chi connectivity index (χ2v) is 7.05. The van der Waals surface area contributed by atoms with Crippen LogP contribution in [-0.2, 0) is 0 Å². The molecule has 0 fully saturated rings. The molecule has 4 rings (SSSR count). The molecule has 0 aliphatic carbocycles. The van der Waals surface area contributed by atoms with E-state index in [4.69, 9.17) is 8.83 Å². The van der Waals surface area contributed by atoms with Crippen LogP contribution in [0.3, 0.4) is 0 Å². The molecule has 0 radical (unpaired) electrons. The molecule has 0 bridgehead atoms. The van der Waals surface area contributed by atoms with Gasteiger partial charge in [-0.25, -0.2) is 0 Å². The molecule has 1 amide bonds. The number of rotatable bonds is 6. The Kier molecular flexibility index (Phi) is 4.81. The topological polar surface area (TPSA) is 66.9 Å². The summed E-state index contributed by atoms with van der Waals surface area (Å²) < 4.78 is 11.7. The summed E-state index contributed by atoms with van der Waals surface area (Å²) in [7, 11) is 0. The molecule has 1 aromatic carbocycles. The van der Waals surface area contributed by atoms with E-state index in [0.29, 0.717) is 28.8 Å². The van der Waals surface area contributed by atoms with Gasteiger partial charge in [-0.1, -0.05) is 26.0 Å². The molecule has 1 aliphatic heterocycles. The van der Waals surface area contributed by atoms with E-state index < -0.39 is 6.04 Å². The Hall–Kier alpha value is -2.86. The summed E-state index contributed by atoms with van der Waals surface area (Å²) in [6.07, 6.45) is 0. The van der Waals surface area contributed by atoms with E-state index in [9.17, 15) is 9.59 Å². The maximum atomic E-state index is 13.3. The van der Waals surface area contributed by atoms with Gasteiger partial charge in [0.05, 0.1) is 10.9 Å². The van der Waals surface area contributed by atoms with Gasteiger partial charge in [0.25, 0.3) is 5.91 Å². The van der Waals surface area contributed by atoms with Crippen LogP contribution in [0.1, 0.15) is 47.5 Å². The molecule has 146 valence electrons. The summed E-state index contributed by atoms with van der Waals surface area (Å²) in [6.45, 7) is 9.05. The highest BCUT2D eigenvalue weighted by Crippen LogP contribution is 2.38. The van der Waals surface area contributed by atoms with Gasteiger partial charge in [-0.3, -0.25) is 9.59 Å². The number of hydrogen-bond acceptors (Lipinski definition) is 5. The SMILES string of the molecule is CCN(CC)CCN1C(=O)c2oc3ccccc3c(=O)c2C1c1ccc(C)o1. The molecule has 1 aliphatic rings. The molecule has 1 unspecified atom stereocenters. The fourth-order valence-corrected chi connectivity index (χ4v) is 3.88. The van der Waals surface area contributed by atoms with Gasteiger partial charge in [-0.05, 0) is 44.3 Å². The molecule has 6 nitrogen and oxygen atoms in total. The van der Waals surface area contributed by atoms with Gasteiger partial charge in [-0.15, -0.1) is 0 Å². The Morgan fingerprint density at radius 1 is 1.04 bits per heavy atom. The molecule has 1 atom stereocenters. The first-order valence-corrected chi connectivity index (χ1v) is 9.70. The second kappa shape index (κ2) is 7.28. The van der Waals surface area contributed by atoms with Crippen molar-refractivity contribution in [1.82, 2.24) is 9.80 Å². The average Bonchev–Trinajstić information content (AvgIpc) is 3.25. The van der Waals surface area contributed by atoms with Crippen molar-refractivity contribution in [2.45, 2.75) is 26.8 Å². The second-order valence-electron chi connectivity index (χ2n) is 7.05. The molecule has 2 aromatic heterocycles. The molecule has 6 heteroatoms. The molecule has 28 heavy (non-hydrogen) atoms. The fraction of sp³-hybridized carbons (Fsp3) is 0.364. The smallest absolute Gasteiger partial charge is 0.291 e. The van der Waals surface area contributed by atoms with Crippen molar-refractivity contribution in [2.75, 3.05) is 26.2 Å². The van der Waals surface area contributed by atoms with Gasteiger partial charge in [-0.2, -0.15) is 0 Å². The predicted molar refractivity (Wildman–Crippen MR) is 107 cm³/mol. The van der Waals surface area contributed by atoms with E-state index in [1.165, 1.54) is 0 Å². The minimum Gasteiger partial charge on any atom is -0.464 e. The van der Waals surface area contributed by atoms with E-state index in [1.807, 2.05) is 19.1 Å². The van der Waals surface area contributed by atoms with E-state index >= 15 is 0 Å².